The first kappa shape index (κ1) is 14.2. The fourth-order valence-corrected chi connectivity index (χ4v) is 2.14. The maximum absolute atomic E-state index is 13.4. The Kier molecular flexibility index (Phi) is 4.34. The van der Waals surface area contributed by atoms with Crippen molar-refractivity contribution in [2.24, 2.45) is 5.73 Å². The fourth-order valence-electron chi connectivity index (χ4n) is 1.30. The first-order chi connectivity index (χ1) is 8.97. The van der Waals surface area contributed by atoms with E-state index in [9.17, 15) is 4.39 Å². The van der Waals surface area contributed by atoms with Gasteiger partial charge in [-0.15, -0.1) is 0 Å². The van der Waals surface area contributed by atoms with E-state index in [1.165, 1.54) is 12.1 Å². The summed E-state index contributed by atoms with van der Waals surface area (Å²) >= 11 is 13.7. The van der Waals surface area contributed by atoms with Crippen LogP contribution in [0.15, 0.2) is 34.8 Å². The molecule has 2 N–H and O–H groups in total. The summed E-state index contributed by atoms with van der Waals surface area (Å²) in [7, 11) is 0. The standard InChI is InChI=1S/C12H7BrClFN2OS/c13-6-4-7(14)8(15)5-10(6)18-11-3-1-2-9(17-11)12(16)19/h1-5H,(H2,16,19). The number of aromatic nitrogens is 1. The summed E-state index contributed by atoms with van der Waals surface area (Å²) in [6.07, 6.45) is 0. The second-order valence-electron chi connectivity index (χ2n) is 3.52. The van der Waals surface area contributed by atoms with Crippen molar-refractivity contribution in [3.8, 4) is 11.6 Å². The van der Waals surface area contributed by atoms with E-state index in [-0.39, 0.29) is 21.6 Å². The Labute approximate surface area is 127 Å². The van der Waals surface area contributed by atoms with Gasteiger partial charge in [0.25, 0.3) is 0 Å². The molecule has 0 saturated heterocycles. The van der Waals surface area contributed by atoms with Gasteiger partial charge >= 0.3 is 0 Å². The maximum atomic E-state index is 13.4. The highest BCUT2D eigenvalue weighted by atomic mass is 79.9. The predicted octanol–water partition coefficient (Wildman–Crippen LogP) is 4.06. The van der Waals surface area contributed by atoms with Crippen LogP contribution in [0, 0.1) is 5.82 Å². The van der Waals surface area contributed by atoms with Crippen LogP contribution in [0.25, 0.3) is 0 Å². The Morgan fingerprint density at radius 3 is 2.84 bits per heavy atom. The minimum Gasteiger partial charge on any atom is -0.438 e. The number of thiocarbonyl (C=S) groups is 1. The molecule has 0 aliphatic heterocycles. The summed E-state index contributed by atoms with van der Waals surface area (Å²) in [6, 6.07) is 7.54. The number of rotatable bonds is 3. The van der Waals surface area contributed by atoms with E-state index in [1.807, 2.05) is 0 Å². The van der Waals surface area contributed by atoms with E-state index < -0.39 is 5.82 Å². The second kappa shape index (κ2) is 5.81. The molecule has 0 radical (unpaired) electrons. The molecule has 0 amide bonds. The van der Waals surface area contributed by atoms with E-state index in [2.05, 4.69) is 20.9 Å². The number of nitrogens with two attached hydrogens (primary N) is 1. The molecule has 0 unspecified atom stereocenters. The molecule has 0 spiro atoms. The van der Waals surface area contributed by atoms with Gasteiger partial charge in [0.05, 0.1) is 9.50 Å². The molecule has 1 aromatic heterocycles. The van der Waals surface area contributed by atoms with Crippen LogP contribution in [0.5, 0.6) is 11.6 Å². The predicted molar refractivity (Wildman–Crippen MR) is 79.3 cm³/mol. The van der Waals surface area contributed by atoms with Gasteiger partial charge in [0.15, 0.2) is 0 Å². The van der Waals surface area contributed by atoms with Crippen molar-refractivity contribution in [1.82, 2.24) is 4.98 Å². The molecular weight excluding hydrogens is 355 g/mol. The lowest BCUT2D eigenvalue weighted by Crippen LogP contribution is -2.11. The third-order valence-electron chi connectivity index (χ3n) is 2.17. The molecule has 0 saturated carbocycles. The highest BCUT2D eigenvalue weighted by Gasteiger charge is 2.10. The Balaban J connectivity index is 2.33. The van der Waals surface area contributed by atoms with E-state index in [1.54, 1.807) is 18.2 Å². The van der Waals surface area contributed by atoms with Crippen LogP contribution in [0.2, 0.25) is 5.02 Å². The van der Waals surface area contributed by atoms with Crippen molar-refractivity contribution in [2.75, 3.05) is 0 Å². The highest BCUT2D eigenvalue weighted by Crippen LogP contribution is 2.33. The monoisotopic (exact) mass is 360 g/mol. The SMILES string of the molecule is NC(=S)c1cccc(Oc2cc(F)c(Cl)cc2Br)n1. The molecule has 0 atom stereocenters. The van der Waals surface area contributed by atoms with Crippen molar-refractivity contribution in [3.05, 3.63) is 51.3 Å². The number of hydrogen-bond donors (Lipinski definition) is 1. The van der Waals surface area contributed by atoms with Gasteiger partial charge < -0.3 is 10.5 Å². The minimum atomic E-state index is -0.578. The summed E-state index contributed by atoms with van der Waals surface area (Å²) in [5.41, 5.74) is 5.91. The van der Waals surface area contributed by atoms with Crippen molar-refractivity contribution in [3.63, 3.8) is 0 Å². The Morgan fingerprint density at radius 1 is 1.42 bits per heavy atom. The van der Waals surface area contributed by atoms with Crippen LogP contribution in [0.1, 0.15) is 5.69 Å². The molecule has 2 aromatic rings. The summed E-state index contributed by atoms with van der Waals surface area (Å²) in [4.78, 5) is 4.26. The molecule has 19 heavy (non-hydrogen) atoms. The molecule has 1 aromatic carbocycles. The number of ether oxygens (including phenoxy) is 1. The number of benzene rings is 1. The fraction of sp³-hybridized carbons (Fsp3) is 0. The van der Waals surface area contributed by atoms with Crippen LogP contribution in [-0.2, 0) is 0 Å². The molecule has 0 bridgehead atoms. The van der Waals surface area contributed by atoms with Gasteiger partial charge in [-0.05, 0) is 28.1 Å². The zero-order chi connectivity index (χ0) is 14.0. The van der Waals surface area contributed by atoms with Crippen molar-refractivity contribution < 1.29 is 9.13 Å². The van der Waals surface area contributed by atoms with Gasteiger partial charge in [-0.1, -0.05) is 29.9 Å². The molecule has 98 valence electrons. The summed E-state index contributed by atoms with van der Waals surface area (Å²) in [5, 5.41) is 0.00377. The number of pyridine rings is 1. The number of nitrogens with zero attached hydrogens (tertiary/aromatic N) is 1. The van der Waals surface area contributed by atoms with E-state index in [0.717, 1.165) is 0 Å². The minimum absolute atomic E-state index is 0.00377. The van der Waals surface area contributed by atoms with E-state index >= 15 is 0 Å². The average Bonchev–Trinajstić information content (AvgIpc) is 2.36. The van der Waals surface area contributed by atoms with Crippen LogP contribution >= 0.6 is 39.7 Å². The Morgan fingerprint density at radius 2 is 2.16 bits per heavy atom. The third-order valence-corrected chi connectivity index (χ3v) is 3.28. The van der Waals surface area contributed by atoms with Crippen LogP contribution in [0.4, 0.5) is 4.39 Å². The third kappa shape index (κ3) is 3.40. The molecule has 7 heteroatoms. The second-order valence-corrected chi connectivity index (χ2v) is 5.23. The molecule has 2 rings (SSSR count). The van der Waals surface area contributed by atoms with E-state index in [4.69, 9.17) is 34.3 Å². The number of halogens is 3. The lowest BCUT2D eigenvalue weighted by atomic mass is 10.3. The molecule has 0 aliphatic rings. The van der Waals surface area contributed by atoms with Gasteiger partial charge in [-0.3, -0.25) is 0 Å². The van der Waals surface area contributed by atoms with Crippen molar-refractivity contribution in [1.29, 1.82) is 0 Å². The highest BCUT2D eigenvalue weighted by molar-refractivity contribution is 9.10. The maximum Gasteiger partial charge on any atom is 0.219 e. The number of hydrogen-bond acceptors (Lipinski definition) is 3. The van der Waals surface area contributed by atoms with Crippen molar-refractivity contribution in [2.45, 2.75) is 0 Å². The topological polar surface area (TPSA) is 48.1 Å². The molecule has 3 nitrogen and oxygen atoms in total. The lowest BCUT2D eigenvalue weighted by molar-refractivity contribution is 0.455. The summed E-state index contributed by atoms with van der Waals surface area (Å²) in [5.74, 6) is -0.0624. The van der Waals surface area contributed by atoms with Gasteiger partial charge in [0, 0.05) is 12.1 Å². The summed E-state index contributed by atoms with van der Waals surface area (Å²) < 4.78 is 19.4. The average molecular weight is 362 g/mol. The first-order valence-electron chi connectivity index (χ1n) is 5.06. The smallest absolute Gasteiger partial charge is 0.219 e. The first-order valence-corrected chi connectivity index (χ1v) is 6.64. The van der Waals surface area contributed by atoms with Gasteiger partial charge in [0.2, 0.25) is 5.88 Å². The van der Waals surface area contributed by atoms with Crippen molar-refractivity contribution >= 4 is 44.7 Å². The molecule has 0 aliphatic carbocycles. The largest absolute Gasteiger partial charge is 0.438 e. The van der Waals surface area contributed by atoms with Crippen LogP contribution in [0.3, 0.4) is 0 Å². The van der Waals surface area contributed by atoms with Gasteiger partial charge in [-0.25, -0.2) is 9.37 Å². The van der Waals surface area contributed by atoms with E-state index in [0.29, 0.717) is 10.2 Å². The Bertz CT molecular complexity index is 654. The van der Waals surface area contributed by atoms with Gasteiger partial charge in [0.1, 0.15) is 22.2 Å². The Hall–Kier alpha value is -1.24. The van der Waals surface area contributed by atoms with Crippen LogP contribution in [-0.4, -0.2) is 9.97 Å². The molecular formula is C12H7BrClFN2OS. The zero-order valence-corrected chi connectivity index (χ0v) is 12.5. The quantitative estimate of drug-likeness (QED) is 0.661. The van der Waals surface area contributed by atoms with Crippen LogP contribution < -0.4 is 10.5 Å². The van der Waals surface area contributed by atoms with Gasteiger partial charge in [-0.2, -0.15) is 0 Å². The zero-order valence-electron chi connectivity index (χ0n) is 9.36. The normalized spacial score (nSPS) is 10.3. The summed E-state index contributed by atoms with van der Waals surface area (Å²) in [6.45, 7) is 0. The molecule has 1 heterocycles. The molecule has 0 fully saturated rings. The lowest BCUT2D eigenvalue weighted by Gasteiger charge is -2.08.